The molecule has 1 aromatic rings. The fourth-order valence-corrected chi connectivity index (χ4v) is 4.84. The van der Waals surface area contributed by atoms with Crippen molar-refractivity contribution < 1.29 is 19.5 Å². The second-order valence-corrected chi connectivity index (χ2v) is 8.75. The Labute approximate surface area is 181 Å². The number of carboxylic acids is 1. The molecule has 1 aliphatic carbocycles. The maximum absolute atomic E-state index is 13.1. The zero-order valence-corrected chi connectivity index (χ0v) is 18.0. The number of nitrogens with one attached hydrogen (secondary N) is 1. The molecule has 1 aromatic heterocycles. The molecule has 2 heterocycles. The first-order chi connectivity index (χ1) is 14.5. The van der Waals surface area contributed by atoms with Gasteiger partial charge in [-0.3, -0.25) is 14.9 Å². The summed E-state index contributed by atoms with van der Waals surface area (Å²) in [6, 6.07) is 0.266. The summed E-state index contributed by atoms with van der Waals surface area (Å²) in [4.78, 5) is 44.1. The Bertz CT molecular complexity index is 738. The van der Waals surface area contributed by atoms with Gasteiger partial charge in [-0.1, -0.05) is 31.4 Å². The van der Waals surface area contributed by atoms with Crippen LogP contribution in [0, 0.1) is 0 Å². The van der Waals surface area contributed by atoms with Crippen LogP contribution in [0.15, 0.2) is 23.7 Å². The van der Waals surface area contributed by atoms with Crippen molar-refractivity contribution in [2.45, 2.75) is 69.9 Å². The first kappa shape index (κ1) is 22.3. The Kier molecular flexibility index (Phi) is 8.24. The number of carbonyl (C=O) groups is 3. The summed E-state index contributed by atoms with van der Waals surface area (Å²) in [5.41, 5.74) is 0. The van der Waals surface area contributed by atoms with Crippen LogP contribution in [0.1, 0.15) is 57.8 Å². The number of likely N-dealkylation sites (tertiary alicyclic amines) is 1. The normalized spacial score (nSPS) is 18.5. The predicted octanol–water partition coefficient (Wildman–Crippen LogP) is 3.72. The van der Waals surface area contributed by atoms with Crippen molar-refractivity contribution in [3.8, 4) is 0 Å². The van der Waals surface area contributed by atoms with Gasteiger partial charge in [-0.05, 0) is 25.7 Å². The second kappa shape index (κ2) is 11.1. The molecule has 0 atom stereocenters. The third kappa shape index (κ3) is 6.29. The van der Waals surface area contributed by atoms with Crippen LogP contribution < -0.4 is 5.32 Å². The van der Waals surface area contributed by atoms with Crippen molar-refractivity contribution in [3.05, 3.63) is 23.7 Å². The first-order valence-corrected chi connectivity index (χ1v) is 11.6. The first-order valence-electron chi connectivity index (χ1n) is 10.7. The van der Waals surface area contributed by atoms with Crippen LogP contribution >= 0.6 is 11.3 Å². The van der Waals surface area contributed by atoms with Gasteiger partial charge in [-0.2, -0.15) is 0 Å². The number of thiazole rings is 1. The number of piperidine rings is 1. The molecule has 9 heteroatoms. The number of aliphatic carboxylic acids is 1. The van der Waals surface area contributed by atoms with Gasteiger partial charge in [-0.15, -0.1) is 11.3 Å². The summed E-state index contributed by atoms with van der Waals surface area (Å²) in [7, 11) is 0. The molecule has 1 saturated heterocycles. The number of amides is 3. The number of nitrogens with zero attached hydrogens (tertiary/aromatic N) is 3. The van der Waals surface area contributed by atoms with E-state index in [0.29, 0.717) is 18.2 Å². The second-order valence-electron chi connectivity index (χ2n) is 7.85. The fraction of sp³-hybridized carbons (Fsp3) is 0.619. The number of hydrogen-bond donors (Lipinski definition) is 2. The van der Waals surface area contributed by atoms with E-state index in [1.165, 1.54) is 23.8 Å². The van der Waals surface area contributed by atoms with E-state index in [9.17, 15) is 14.4 Å². The van der Waals surface area contributed by atoms with Crippen LogP contribution in [0.25, 0.3) is 0 Å². The third-order valence-electron chi connectivity index (χ3n) is 5.81. The fourth-order valence-electron chi connectivity index (χ4n) is 4.32. The molecule has 164 valence electrons. The van der Waals surface area contributed by atoms with Crippen molar-refractivity contribution in [1.29, 1.82) is 0 Å². The van der Waals surface area contributed by atoms with E-state index in [0.717, 1.165) is 38.5 Å². The lowest BCUT2D eigenvalue weighted by Gasteiger charge is -2.43. The highest BCUT2D eigenvalue weighted by Crippen LogP contribution is 2.29. The van der Waals surface area contributed by atoms with E-state index in [1.54, 1.807) is 12.3 Å². The minimum atomic E-state index is -0.904. The molecule has 3 amide bonds. The van der Waals surface area contributed by atoms with Crippen molar-refractivity contribution in [2.24, 2.45) is 0 Å². The Balaban J connectivity index is 1.57. The lowest BCUT2D eigenvalue weighted by atomic mass is 9.91. The van der Waals surface area contributed by atoms with E-state index < -0.39 is 5.97 Å². The lowest BCUT2D eigenvalue weighted by Crippen LogP contribution is -2.54. The highest BCUT2D eigenvalue weighted by Gasteiger charge is 2.34. The molecular weight excluding hydrogens is 404 g/mol. The molecule has 0 radical (unpaired) electrons. The Morgan fingerprint density at radius 2 is 1.77 bits per heavy atom. The molecule has 2 aliphatic rings. The van der Waals surface area contributed by atoms with Crippen LogP contribution in [-0.4, -0.2) is 63.0 Å². The van der Waals surface area contributed by atoms with Gasteiger partial charge in [0.25, 0.3) is 0 Å². The van der Waals surface area contributed by atoms with E-state index >= 15 is 0 Å². The monoisotopic (exact) mass is 434 g/mol. The number of hydrogen-bond acceptors (Lipinski definition) is 5. The average Bonchev–Trinajstić information content (AvgIpc) is 3.25. The van der Waals surface area contributed by atoms with E-state index in [1.807, 2.05) is 15.2 Å². The van der Waals surface area contributed by atoms with Gasteiger partial charge in [0.15, 0.2) is 5.13 Å². The summed E-state index contributed by atoms with van der Waals surface area (Å²) < 4.78 is 0. The van der Waals surface area contributed by atoms with Gasteiger partial charge in [0, 0.05) is 43.2 Å². The third-order valence-corrected chi connectivity index (χ3v) is 6.50. The van der Waals surface area contributed by atoms with Crippen LogP contribution in [0.4, 0.5) is 9.93 Å². The van der Waals surface area contributed by atoms with Crippen molar-refractivity contribution in [3.63, 3.8) is 0 Å². The molecule has 2 N–H and O–H groups in total. The van der Waals surface area contributed by atoms with Gasteiger partial charge in [0.05, 0.1) is 6.42 Å². The van der Waals surface area contributed by atoms with E-state index in [-0.39, 0.29) is 36.9 Å². The maximum Gasteiger partial charge on any atom is 0.324 e. The van der Waals surface area contributed by atoms with Gasteiger partial charge in [-0.25, -0.2) is 9.78 Å². The summed E-state index contributed by atoms with van der Waals surface area (Å²) in [6.45, 7) is 1.23. The molecule has 0 aromatic carbocycles. The number of anilines is 1. The molecule has 0 bridgehead atoms. The molecule has 0 unspecified atom stereocenters. The van der Waals surface area contributed by atoms with E-state index in [2.05, 4.69) is 10.3 Å². The van der Waals surface area contributed by atoms with Gasteiger partial charge in [0.1, 0.15) is 0 Å². The number of urea groups is 1. The van der Waals surface area contributed by atoms with Crippen LogP contribution in [0.2, 0.25) is 0 Å². The minimum Gasteiger partial charge on any atom is -0.481 e. The van der Waals surface area contributed by atoms with Crippen LogP contribution in [-0.2, 0) is 9.59 Å². The van der Waals surface area contributed by atoms with Crippen molar-refractivity contribution >= 4 is 34.4 Å². The smallest absolute Gasteiger partial charge is 0.324 e. The molecule has 1 aliphatic heterocycles. The summed E-state index contributed by atoms with van der Waals surface area (Å²) >= 11 is 1.41. The topological polar surface area (TPSA) is 103 Å². The quantitative estimate of drug-likeness (QED) is 0.637. The largest absolute Gasteiger partial charge is 0.481 e. The minimum absolute atomic E-state index is 0.00606. The zero-order chi connectivity index (χ0) is 21.3. The molecule has 8 nitrogen and oxygen atoms in total. The Morgan fingerprint density at radius 3 is 2.40 bits per heavy atom. The molecule has 3 rings (SSSR count). The highest BCUT2D eigenvalue weighted by atomic mass is 32.1. The van der Waals surface area contributed by atoms with Crippen molar-refractivity contribution in [1.82, 2.24) is 14.8 Å². The summed E-state index contributed by atoms with van der Waals surface area (Å²) in [5, 5.41) is 14.1. The van der Waals surface area contributed by atoms with Crippen LogP contribution in [0.3, 0.4) is 0 Å². The number of carbonyl (C=O) groups excluding carboxylic acids is 2. The number of aromatic nitrogens is 1. The van der Waals surface area contributed by atoms with Gasteiger partial charge in [0.2, 0.25) is 5.91 Å². The molecule has 30 heavy (non-hydrogen) atoms. The number of carboxylic acid groups (broad SMARTS) is 1. The molecule has 0 spiro atoms. The number of rotatable bonds is 7. The Morgan fingerprint density at radius 1 is 1.10 bits per heavy atom. The summed E-state index contributed by atoms with van der Waals surface area (Å²) in [5.74, 6) is -0.898. The van der Waals surface area contributed by atoms with Gasteiger partial charge < -0.3 is 14.9 Å². The highest BCUT2D eigenvalue weighted by molar-refractivity contribution is 7.13. The SMILES string of the molecule is O=C(O)CC=CCC(=O)N1CCC(N(C(=O)Nc2nccs2)C2CCCCC2)CC1. The summed E-state index contributed by atoms with van der Waals surface area (Å²) in [6.07, 6.45) is 12.0. The molecule has 1 saturated carbocycles. The Hall–Kier alpha value is -2.42. The zero-order valence-electron chi connectivity index (χ0n) is 17.2. The molecular formula is C21H30N4O4S. The van der Waals surface area contributed by atoms with Gasteiger partial charge >= 0.3 is 12.0 Å². The maximum atomic E-state index is 13.1. The lowest BCUT2D eigenvalue weighted by molar-refractivity contribution is -0.136. The standard InChI is InChI=1S/C21H30N4O4S/c26-18(8-4-5-9-19(27)28)24-13-10-17(11-14-24)25(16-6-2-1-3-7-16)21(29)23-20-22-12-15-30-20/h4-5,12,15-17H,1-3,6-11,13-14H2,(H,27,28)(H,22,23,29). The van der Waals surface area contributed by atoms with Crippen LogP contribution in [0.5, 0.6) is 0 Å². The predicted molar refractivity (Wildman–Crippen MR) is 115 cm³/mol. The van der Waals surface area contributed by atoms with Crippen molar-refractivity contribution in [2.75, 3.05) is 18.4 Å². The molecule has 2 fully saturated rings. The average molecular weight is 435 g/mol. The van der Waals surface area contributed by atoms with E-state index in [4.69, 9.17) is 5.11 Å².